The van der Waals surface area contributed by atoms with E-state index in [2.05, 4.69) is 9.97 Å². The van der Waals surface area contributed by atoms with Gasteiger partial charge in [-0.25, -0.2) is 4.98 Å². The number of methoxy groups -OCH3 is 1. The molecule has 4 heteroatoms. The van der Waals surface area contributed by atoms with Crippen LogP contribution in [0.5, 0.6) is 5.88 Å². The molecule has 0 saturated carbocycles. The second kappa shape index (κ2) is 3.42. The highest BCUT2D eigenvalue weighted by Crippen LogP contribution is 2.24. The molecule has 0 aliphatic rings. The van der Waals surface area contributed by atoms with Crippen LogP contribution in [0.1, 0.15) is 5.56 Å². The first-order chi connectivity index (χ1) is 6.72. The van der Waals surface area contributed by atoms with Crippen molar-refractivity contribution in [1.82, 2.24) is 9.97 Å². The van der Waals surface area contributed by atoms with Crippen molar-refractivity contribution in [2.75, 3.05) is 7.11 Å². The lowest BCUT2D eigenvalue weighted by atomic mass is 10.2. The summed E-state index contributed by atoms with van der Waals surface area (Å²) < 4.78 is 5.02. The van der Waals surface area contributed by atoms with Crippen molar-refractivity contribution >= 4 is 22.6 Å². The smallest absolute Gasteiger partial charge is 0.213 e. The number of hydrogen-bond acceptors (Lipinski definition) is 3. The van der Waals surface area contributed by atoms with Gasteiger partial charge in [0.15, 0.2) is 0 Å². The van der Waals surface area contributed by atoms with E-state index >= 15 is 0 Å². The third kappa shape index (κ3) is 1.40. The lowest BCUT2D eigenvalue weighted by molar-refractivity contribution is 0.399. The van der Waals surface area contributed by atoms with Crippen LogP contribution in [0.25, 0.3) is 11.0 Å². The fourth-order valence-corrected chi connectivity index (χ4v) is 1.41. The molecule has 2 aromatic rings. The second-order valence-electron chi connectivity index (χ2n) is 2.98. The molecule has 0 aliphatic carbocycles. The number of aryl methyl sites for hydroxylation is 1. The first-order valence-corrected chi connectivity index (χ1v) is 4.56. The van der Waals surface area contributed by atoms with E-state index in [0.717, 1.165) is 11.1 Å². The molecule has 2 aromatic heterocycles. The highest BCUT2D eigenvalue weighted by Gasteiger charge is 2.05. The van der Waals surface area contributed by atoms with E-state index < -0.39 is 0 Å². The van der Waals surface area contributed by atoms with Crippen molar-refractivity contribution in [3.05, 3.63) is 28.9 Å². The molecule has 0 radical (unpaired) electrons. The summed E-state index contributed by atoms with van der Waals surface area (Å²) >= 11 is 6.10. The van der Waals surface area contributed by atoms with Crippen molar-refractivity contribution in [3.8, 4) is 5.88 Å². The summed E-state index contributed by atoms with van der Waals surface area (Å²) in [7, 11) is 1.57. The van der Waals surface area contributed by atoms with Gasteiger partial charge in [-0.15, -0.1) is 0 Å². The molecule has 3 nitrogen and oxygen atoms in total. The Balaban J connectivity index is 2.78. The molecule has 2 rings (SSSR count). The normalized spacial score (nSPS) is 10.5. The largest absolute Gasteiger partial charge is 0.481 e. The zero-order valence-electron chi connectivity index (χ0n) is 7.91. The summed E-state index contributed by atoms with van der Waals surface area (Å²) in [5, 5.41) is 0.633. The van der Waals surface area contributed by atoms with Crippen molar-refractivity contribution in [2.24, 2.45) is 0 Å². The molecule has 0 saturated heterocycles. The zero-order chi connectivity index (χ0) is 10.1. The number of nitrogens with zero attached hydrogens (tertiary/aromatic N) is 2. The molecule has 0 unspecified atom stereocenters. The summed E-state index contributed by atoms with van der Waals surface area (Å²) in [4.78, 5) is 8.45. The fourth-order valence-electron chi connectivity index (χ4n) is 1.22. The van der Waals surface area contributed by atoms with E-state index in [1.54, 1.807) is 19.4 Å². The van der Waals surface area contributed by atoms with Gasteiger partial charge in [-0.3, -0.25) is 4.98 Å². The van der Waals surface area contributed by atoms with E-state index in [4.69, 9.17) is 16.3 Å². The van der Waals surface area contributed by atoms with Gasteiger partial charge in [-0.1, -0.05) is 11.6 Å². The maximum absolute atomic E-state index is 6.10. The van der Waals surface area contributed by atoms with Crippen LogP contribution < -0.4 is 4.74 Å². The second-order valence-corrected chi connectivity index (χ2v) is 3.35. The number of hydrogen-bond donors (Lipinski definition) is 0. The molecule has 0 amide bonds. The van der Waals surface area contributed by atoms with Crippen LogP contribution in [0.2, 0.25) is 5.02 Å². The van der Waals surface area contributed by atoms with Gasteiger partial charge in [0.1, 0.15) is 5.52 Å². The third-order valence-corrected chi connectivity index (χ3v) is 2.49. The first kappa shape index (κ1) is 9.21. The average molecular weight is 209 g/mol. The number of ether oxygens (including phenoxy) is 1. The minimum Gasteiger partial charge on any atom is -0.481 e. The quantitative estimate of drug-likeness (QED) is 0.723. The zero-order valence-corrected chi connectivity index (χ0v) is 8.67. The SMILES string of the molecule is COc1ccc2ncc(C)c(Cl)c2n1. The monoisotopic (exact) mass is 208 g/mol. The Labute approximate surface area is 86.7 Å². The number of aromatic nitrogens is 2. The van der Waals surface area contributed by atoms with Crippen LogP contribution in [0, 0.1) is 6.92 Å². The Morgan fingerprint density at radius 2 is 2.14 bits per heavy atom. The van der Waals surface area contributed by atoms with Crippen LogP contribution in [0.15, 0.2) is 18.3 Å². The summed E-state index contributed by atoms with van der Waals surface area (Å²) in [5.74, 6) is 0.548. The van der Waals surface area contributed by atoms with Crippen LogP contribution in [0.4, 0.5) is 0 Å². The van der Waals surface area contributed by atoms with Gasteiger partial charge < -0.3 is 4.74 Å². The van der Waals surface area contributed by atoms with Gasteiger partial charge >= 0.3 is 0 Å². The molecule has 0 N–H and O–H groups in total. The minimum atomic E-state index is 0.548. The van der Waals surface area contributed by atoms with Gasteiger partial charge in [0.05, 0.1) is 17.6 Å². The Bertz CT molecular complexity index is 485. The van der Waals surface area contributed by atoms with Gasteiger partial charge in [0.25, 0.3) is 0 Å². The Morgan fingerprint density at radius 3 is 2.86 bits per heavy atom. The summed E-state index contributed by atoms with van der Waals surface area (Å²) in [6.45, 7) is 1.90. The summed E-state index contributed by atoms with van der Waals surface area (Å²) in [5.41, 5.74) is 2.38. The third-order valence-electron chi connectivity index (χ3n) is 2.01. The molecule has 0 spiro atoms. The van der Waals surface area contributed by atoms with E-state index in [-0.39, 0.29) is 0 Å². The van der Waals surface area contributed by atoms with E-state index in [1.807, 2.05) is 13.0 Å². The molecule has 0 fully saturated rings. The van der Waals surface area contributed by atoms with Gasteiger partial charge in [-0.2, -0.15) is 0 Å². The van der Waals surface area contributed by atoms with Crippen LogP contribution in [-0.2, 0) is 0 Å². The molecular formula is C10H9ClN2O. The Kier molecular flexibility index (Phi) is 2.25. The standard InChI is InChI=1S/C10H9ClN2O/c1-6-5-12-7-3-4-8(14-2)13-10(7)9(6)11/h3-5H,1-2H3. The van der Waals surface area contributed by atoms with Crippen molar-refractivity contribution < 1.29 is 4.74 Å². The molecule has 14 heavy (non-hydrogen) atoms. The Morgan fingerprint density at radius 1 is 1.36 bits per heavy atom. The lowest BCUT2D eigenvalue weighted by Gasteiger charge is -2.03. The van der Waals surface area contributed by atoms with Gasteiger partial charge in [0, 0.05) is 12.3 Å². The lowest BCUT2D eigenvalue weighted by Crippen LogP contribution is -1.91. The molecule has 0 bridgehead atoms. The predicted octanol–water partition coefficient (Wildman–Crippen LogP) is 2.60. The van der Waals surface area contributed by atoms with Crippen molar-refractivity contribution in [2.45, 2.75) is 6.92 Å². The molecular weight excluding hydrogens is 200 g/mol. The average Bonchev–Trinajstić information content (AvgIpc) is 2.23. The number of pyridine rings is 2. The molecule has 2 heterocycles. The molecule has 0 atom stereocenters. The van der Waals surface area contributed by atoms with Crippen molar-refractivity contribution in [1.29, 1.82) is 0 Å². The molecule has 0 aliphatic heterocycles. The van der Waals surface area contributed by atoms with Crippen LogP contribution >= 0.6 is 11.6 Å². The summed E-state index contributed by atoms with van der Waals surface area (Å²) in [6.07, 6.45) is 1.73. The van der Waals surface area contributed by atoms with Crippen LogP contribution in [-0.4, -0.2) is 17.1 Å². The highest BCUT2D eigenvalue weighted by molar-refractivity contribution is 6.35. The highest BCUT2D eigenvalue weighted by atomic mass is 35.5. The van der Waals surface area contributed by atoms with E-state index in [9.17, 15) is 0 Å². The molecule has 72 valence electrons. The predicted molar refractivity (Wildman–Crippen MR) is 55.8 cm³/mol. The maximum Gasteiger partial charge on any atom is 0.213 e. The van der Waals surface area contributed by atoms with E-state index in [0.29, 0.717) is 16.4 Å². The van der Waals surface area contributed by atoms with Gasteiger partial charge in [-0.05, 0) is 18.6 Å². The number of fused-ring (bicyclic) bond motifs is 1. The van der Waals surface area contributed by atoms with E-state index in [1.165, 1.54) is 0 Å². The minimum absolute atomic E-state index is 0.548. The van der Waals surface area contributed by atoms with Gasteiger partial charge in [0.2, 0.25) is 5.88 Å². The number of halogens is 1. The number of rotatable bonds is 1. The maximum atomic E-state index is 6.10. The topological polar surface area (TPSA) is 35.0 Å². The fraction of sp³-hybridized carbons (Fsp3) is 0.200. The molecule has 0 aromatic carbocycles. The van der Waals surface area contributed by atoms with Crippen LogP contribution in [0.3, 0.4) is 0 Å². The first-order valence-electron chi connectivity index (χ1n) is 4.18. The summed E-state index contributed by atoms with van der Waals surface area (Å²) in [6, 6.07) is 3.60. The van der Waals surface area contributed by atoms with Crippen molar-refractivity contribution in [3.63, 3.8) is 0 Å². The Hall–Kier alpha value is -1.35.